The van der Waals surface area contributed by atoms with Gasteiger partial charge in [-0.25, -0.2) is 0 Å². The van der Waals surface area contributed by atoms with E-state index in [2.05, 4.69) is 15.9 Å². The average molecular weight is 217 g/mol. The van der Waals surface area contributed by atoms with Gasteiger partial charge >= 0.3 is 0 Å². The summed E-state index contributed by atoms with van der Waals surface area (Å²) >= 11 is 3.82. The number of alkyl halides is 1. The molecule has 3 aliphatic rings. The van der Waals surface area contributed by atoms with Gasteiger partial charge in [0.15, 0.2) is 0 Å². The molecular formula is C9H13BrO. The van der Waals surface area contributed by atoms with Crippen molar-refractivity contribution < 1.29 is 4.74 Å². The van der Waals surface area contributed by atoms with Gasteiger partial charge < -0.3 is 4.74 Å². The molecule has 11 heavy (non-hydrogen) atoms. The zero-order valence-electron chi connectivity index (χ0n) is 6.55. The maximum Gasteiger partial charge on any atom is 0.0681 e. The number of hydrogen-bond donors (Lipinski definition) is 0. The Hall–Kier alpha value is 0.440. The second-order valence-corrected chi connectivity index (χ2v) is 5.22. The van der Waals surface area contributed by atoms with E-state index in [4.69, 9.17) is 4.74 Å². The molecule has 2 saturated carbocycles. The third-order valence-corrected chi connectivity index (χ3v) is 5.50. The van der Waals surface area contributed by atoms with Crippen LogP contribution in [0.2, 0.25) is 0 Å². The normalized spacial score (nSPS) is 51.5. The first-order valence-corrected chi connectivity index (χ1v) is 5.52. The fraction of sp³-hybridized carbons (Fsp3) is 1.00. The minimum atomic E-state index is 0.598. The first-order valence-electron chi connectivity index (χ1n) is 4.60. The molecule has 1 saturated heterocycles. The molecule has 0 unspecified atom stereocenters. The number of hydrogen-bond acceptors (Lipinski definition) is 1. The van der Waals surface area contributed by atoms with E-state index in [-0.39, 0.29) is 0 Å². The number of ether oxygens (including phenoxy) is 1. The van der Waals surface area contributed by atoms with Gasteiger partial charge in [0.1, 0.15) is 0 Å². The van der Waals surface area contributed by atoms with Gasteiger partial charge in [-0.3, -0.25) is 0 Å². The second-order valence-electron chi connectivity index (χ2n) is 4.23. The summed E-state index contributed by atoms with van der Waals surface area (Å²) in [6.45, 7) is 1.01. The summed E-state index contributed by atoms with van der Waals surface area (Å²) in [5, 5.41) is 0. The van der Waals surface area contributed by atoms with Crippen LogP contribution in [0.25, 0.3) is 0 Å². The summed E-state index contributed by atoms with van der Waals surface area (Å²) in [5.74, 6) is 0.857. The van der Waals surface area contributed by atoms with Crippen LogP contribution >= 0.6 is 15.9 Å². The molecule has 0 bridgehead atoms. The molecule has 2 heteroatoms. The van der Waals surface area contributed by atoms with Crippen molar-refractivity contribution in [3.05, 3.63) is 0 Å². The van der Waals surface area contributed by atoms with Crippen LogP contribution in [0.5, 0.6) is 0 Å². The molecule has 0 N–H and O–H groups in total. The van der Waals surface area contributed by atoms with Crippen LogP contribution in [0.3, 0.4) is 0 Å². The van der Waals surface area contributed by atoms with Crippen molar-refractivity contribution >= 4 is 15.9 Å². The summed E-state index contributed by atoms with van der Waals surface area (Å²) < 4.78 is 5.75. The second kappa shape index (κ2) is 2.02. The third kappa shape index (κ3) is 0.627. The first-order chi connectivity index (χ1) is 5.34. The lowest BCUT2D eigenvalue weighted by atomic mass is 9.50. The van der Waals surface area contributed by atoms with Gasteiger partial charge in [0.25, 0.3) is 0 Å². The first kappa shape index (κ1) is 6.90. The van der Waals surface area contributed by atoms with E-state index in [9.17, 15) is 0 Å². The van der Waals surface area contributed by atoms with E-state index in [0.717, 1.165) is 17.4 Å². The van der Waals surface area contributed by atoms with Crippen molar-refractivity contribution in [3.8, 4) is 0 Å². The summed E-state index contributed by atoms with van der Waals surface area (Å²) in [4.78, 5) is 0.788. The zero-order valence-corrected chi connectivity index (χ0v) is 8.14. The van der Waals surface area contributed by atoms with Crippen LogP contribution in [-0.2, 0) is 4.74 Å². The fourth-order valence-electron chi connectivity index (χ4n) is 3.11. The van der Waals surface area contributed by atoms with Gasteiger partial charge in [0, 0.05) is 22.8 Å². The molecule has 0 aromatic rings. The molecule has 3 rings (SSSR count). The Labute approximate surface area is 75.6 Å². The van der Waals surface area contributed by atoms with Crippen molar-refractivity contribution in [2.75, 3.05) is 6.61 Å². The standard InChI is InChI=1S/C9H13BrO/c10-7-6-2-5-11-8(6)9(7)3-1-4-9/h6-8H,1-5H2/t6-,7-,8-/m1/s1. The Bertz CT molecular complexity index is 188. The molecule has 0 radical (unpaired) electrons. The monoisotopic (exact) mass is 216 g/mol. The smallest absolute Gasteiger partial charge is 0.0681 e. The molecule has 62 valence electrons. The van der Waals surface area contributed by atoms with Crippen molar-refractivity contribution in [1.82, 2.24) is 0 Å². The topological polar surface area (TPSA) is 9.23 Å². The Morgan fingerprint density at radius 2 is 2.18 bits per heavy atom. The molecule has 0 aromatic carbocycles. The third-order valence-electron chi connectivity index (χ3n) is 3.91. The van der Waals surface area contributed by atoms with Crippen LogP contribution in [0.15, 0.2) is 0 Å². The van der Waals surface area contributed by atoms with Gasteiger partial charge in [-0.2, -0.15) is 0 Å². The molecule has 1 heterocycles. The maximum absolute atomic E-state index is 5.75. The van der Waals surface area contributed by atoms with Crippen molar-refractivity contribution in [2.45, 2.75) is 36.6 Å². The van der Waals surface area contributed by atoms with Crippen molar-refractivity contribution in [3.63, 3.8) is 0 Å². The highest BCUT2D eigenvalue weighted by Crippen LogP contribution is 2.65. The minimum absolute atomic E-state index is 0.598. The molecule has 3 atom stereocenters. The van der Waals surface area contributed by atoms with E-state index in [0.29, 0.717) is 11.5 Å². The molecular weight excluding hydrogens is 204 g/mol. The summed E-state index contributed by atoms with van der Waals surface area (Å²) in [6.07, 6.45) is 6.17. The van der Waals surface area contributed by atoms with E-state index >= 15 is 0 Å². The van der Waals surface area contributed by atoms with E-state index in [1.165, 1.54) is 25.7 Å². The number of halogens is 1. The predicted molar refractivity (Wildman–Crippen MR) is 46.8 cm³/mol. The highest BCUT2D eigenvalue weighted by atomic mass is 79.9. The summed E-state index contributed by atoms with van der Waals surface area (Å²) in [6, 6.07) is 0. The molecule has 0 aromatic heterocycles. The molecule has 1 spiro atoms. The Morgan fingerprint density at radius 3 is 2.82 bits per heavy atom. The quantitative estimate of drug-likeness (QED) is 0.566. The summed E-state index contributed by atoms with van der Waals surface area (Å²) in [7, 11) is 0. The minimum Gasteiger partial charge on any atom is -0.377 e. The van der Waals surface area contributed by atoms with Gasteiger partial charge in [-0.1, -0.05) is 22.4 Å². The van der Waals surface area contributed by atoms with Crippen LogP contribution in [0.1, 0.15) is 25.7 Å². The Kier molecular flexibility index (Phi) is 1.27. The van der Waals surface area contributed by atoms with Crippen LogP contribution in [0, 0.1) is 11.3 Å². The molecule has 2 aliphatic carbocycles. The largest absolute Gasteiger partial charge is 0.377 e. The van der Waals surface area contributed by atoms with Crippen LogP contribution in [0.4, 0.5) is 0 Å². The van der Waals surface area contributed by atoms with Gasteiger partial charge in [-0.15, -0.1) is 0 Å². The SMILES string of the molecule is Br[C@@H]1[C@H]2CCO[C@H]2C12CCC2. The average Bonchev–Trinajstić information content (AvgIpc) is 2.29. The fourth-order valence-corrected chi connectivity index (χ4v) is 4.37. The molecule has 1 aliphatic heterocycles. The maximum atomic E-state index is 5.75. The Morgan fingerprint density at radius 1 is 1.36 bits per heavy atom. The lowest BCUT2D eigenvalue weighted by molar-refractivity contribution is -0.137. The van der Waals surface area contributed by atoms with Crippen LogP contribution < -0.4 is 0 Å². The highest BCUT2D eigenvalue weighted by Gasteiger charge is 2.65. The van der Waals surface area contributed by atoms with Crippen LogP contribution in [-0.4, -0.2) is 17.5 Å². The zero-order chi connectivity index (χ0) is 7.47. The van der Waals surface area contributed by atoms with E-state index in [1.807, 2.05) is 0 Å². The van der Waals surface area contributed by atoms with E-state index in [1.54, 1.807) is 0 Å². The van der Waals surface area contributed by atoms with Crippen molar-refractivity contribution in [2.24, 2.45) is 11.3 Å². The molecule has 3 fully saturated rings. The number of rotatable bonds is 0. The molecule has 0 amide bonds. The van der Waals surface area contributed by atoms with Gasteiger partial charge in [0.05, 0.1) is 6.10 Å². The highest BCUT2D eigenvalue weighted by molar-refractivity contribution is 9.09. The summed E-state index contributed by atoms with van der Waals surface area (Å²) in [5.41, 5.74) is 0.598. The van der Waals surface area contributed by atoms with Crippen molar-refractivity contribution in [1.29, 1.82) is 0 Å². The van der Waals surface area contributed by atoms with E-state index < -0.39 is 0 Å². The van der Waals surface area contributed by atoms with Gasteiger partial charge in [0.2, 0.25) is 0 Å². The lowest BCUT2D eigenvalue weighted by Gasteiger charge is -2.61. The number of fused-ring (bicyclic) bond motifs is 2. The predicted octanol–water partition coefficient (Wildman–Crippen LogP) is 2.34. The lowest BCUT2D eigenvalue weighted by Crippen LogP contribution is -2.63. The Balaban J connectivity index is 1.86. The molecule has 1 nitrogen and oxygen atoms in total. The van der Waals surface area contributed by atoms with Gasteiger partial charge in [-0.05, 0) is 19.3 Å².